The Balaban J connectivity index is 1.98. The van der Waals surface area contributed by atoms with Crippen molar-refractivity contribution in [3.8, 4) is 0 Å². The average Bonchev–Trinajstić information content (AvgIpc) is 2.72. The molecule has 2 heterocycles. The Morgan fingerprint density at radius 1 is 1.35 bits per heavy atom. The molecule has 0 aliphatic rings. The molecule has 1 unspecified atom stereocenters. The molecule has 0 aromatic carbocycles. The number of hydrogen-bond donors (Lipinski definition) is 1. The lowest BCUT2D eigenvalue weighted by atomic mass is 10.1. The molecule has 0 spiro atoms. The van der Waals surface area contributed by atoms with Crippen LogP contribution in [0.5, 0.6) is 0 Å². The van der Waals surface area contributed by atoms with E-state index in [0.29, 0.717) is 0 Å². The van der Waals surface area contributed by atoms with Crippen molar-refractivity contribution in [1.82, 2.24) is 14.8 Å². The van der Waals surface area contributed by atoms with Gasteiger partial charge in [-0.15, -0.1) is 0 Å². The van der Waals surface area contributed by atoms with Gasteiger partial charge in [0.25, 0.3) is 0 Å². The van der Waals surface area contributed by atoms with Crippen LogP contribution >= 0.6 is 0 Å². The van der Waals surface area contributed by atoms with Gasteiger partial charge < -0.3 is 5.73 Å². The third kappa shape index (κ3) is 2.91. The minimum absolute atomic E-state index is 0.00944. The van der Waals surface area contributed by atoms with Crippen molar-refractivity contribution in [2.24, 2.45) is 12.8 Å². The summed E-state index contributed by atoms with van der Waals surface area (Å²) in [4.78, 5) is 4.45. The molecule has 0 bridgehead atoms. The average molecular weight is 230 g/mol. The largest absolute Gasteiger partial charge is 0.323 e. The monoisotopic (exact) mass is 230 g/mol. The summed E-state index contributed by atoms with van der Waals surface area (Å²) in [5, 5.41) is 4.14. The van der Waals surface area contributed by atoms with Gasteiger partial charge in [-0.1, -0.05) is 6.07 Å². The molecule has 0 fully saturated rings. The predicted octanol–water partition coefficient (Wildman–Crippen LogP) is 1.76. The van der Waals surface area contributed by atoms with E-state index in [0.717, 1.165) is 24.2 Å². The van der Waals surface area contributed by atoms with Gasteiger partial charge in [0, 0.05) is 30.7 Å². The number of rotatable bonds is 4. The van der Waals surface area contributed by atoms with Crippen LogP contribution in [-0.2, 0) is 13.5 Å². The molecule has 4 heteroatoms. The second-order valence-electron chi connectivity index (χ2n) is 4.30. The van der Waals surface area contributed by atoms with Crippen LogP contribution in [0.3, 0.4) is 0 Å². The van der Waals surface area contributed by atoms with E-state index in [2.05, 4.69) is 10.1 Å². The SMILES string of the molecule is Cc1cccc(C(N)CCc2ccnn2C)n1. The van der Waals surface area contributed by atoms with Gasteiger partial charge in [-0.3, -0.25) is 9.67 Å². The van der Waals surface area contributed by atoms with Gasteiger partial charge >= 0.3 is 0 Å². The van der Waals surface area contributed by atoms with Gasteiger partial charge in [-0.25, -0.2) is 0 Å². The summed E-state index contributed by atoms with van der Waals surface area (Å²) in [6.07, 6.45) is 3.62. The normalized spacial score (nSPS) is 12.6. The predicted molar refractivity (Wildman–Crippen MR) is 67.4 cm³/mol. The fraction of sp³-hybridized carbons (Fsp3) is 0.385. The minimum atomic E-state index is -0.00944. The molecular weight excluding hydrogens is 212 g/mol. The highest BCUT2D eigenvalue weighted by molar-refractivity contribution is 5.13. The zero-order valence-corrected chi connectivity index (χ0v) is 10.3. The lowest BCUT2D eigenvalue weighted by Gasteiger charge is -2.11. The Labute approximate surface area is 101 Å². The third-order valence-electron chi connectivity index (χ3n) is 2.92. The molecule has 2 rings (SSSR count). The molecular formula is C13H18N4. The first-order valence-corrected chi connectivity index (χ1v) is 5.83. The highest BCUT2D eigenvalue weighted by Crippen LogP contribution is 2.14. The fourth-order valence-corrected chi connectivity index (χ4v) is 1.87. The number of aromatic nitrogens is 3. The summed E-state index contributed by atoms with van der Waals surface area (Å²) >= 11 is 0. The van der Waals surface area contributed by atoms with Crippen molar-refractivity contribution >= 4 is 0 Å². The Morgan fingerprint density at radius 3 is 2.82 bits per heavy atom. The molecule has 0 radical (unpaired) electrons. The molecule has 2 aromatic rings. The van der Waals surface area contributed by atoms with E-state index in [-0.39, 0.29) is 6.04 Å². The quantitative estimate of drug-likeness (QED) is 0.870. The van der Waals surface area contributed by atoms with Crippen LogP contribution in [0.25, 0.3) is 0 Å². The number of hydrogen-bond acceptors (Lipinski definition) is 3. The van der Waals surface area contributed by atoms with Crippen LogP contribution in [0.1, 0.15) is 29.5 Å². The second-order valence-corrected chi connectivity index (χ2v) is 4.30. The summed E-state index contributed by atoms with van der Waals surface area (Å²) < 4.78 is 1.89. The maximum absolute atomic E-state index is 6.14. The van der Waals surface area contributed by atoms with Crippen molar-refractivity contribution in [3.05, 3.63) is 47.5 Å². The van der Waals surface area contributed by atoms with Crippen LogP contribution in [0, 0.1) is 6.92 Å². The van der Waals surface area contributed by atoms with Crippen LogP contribution in [-0.4, -0.2) is 14.8 Å². The van der Waals surface area contributed by atoms with E-state index in [1.807, 2.05) is 49.1 Å². The van der Waals surface area contributed by atoms with Crippen LogP contribution in [0.2, 0.25) is 0 Å². The van der Waals surface area contributed by atoms with Crippen LogP contribution in [0.15, 0.2) is 30.5 Å². The molecule has 0 saturated heterocycles. The molecule has 0 aliphatic carbocycles. The first kappa shape index (κ1) is 11.8. The first-order valence-electron chi connectivity index (χ1n) is 5.83. The molecule has 17 heavy (non-hydrogen) atoms. The van der Waals surface area contributed by atoms with Gasteiger partial charge in [-0.2, -0.15) is 5.10 Å². The van der Waals surface area contributed by atoms with E-state index >= 15 is 0 Å². The molecule has 0 amide bonds. The highest BCUT2D eigenvalue weighted by Gasteiger charge is 2.09. The Hall–Kier alpha value is -1.68. The molecule has 4 nitrogen and oxygen atoms in total. The summed E-state index contributed by atoms with van der Waals surface area (Å²) in [6.45, 7) is 1.98. The maximum Gasteiger partial charge on any atom is 0.0574 e. The van der Waals surface area contributed by atoms with Gasteiger partial charge in [0.1, 0.15) is 0 Å². The number of pyridine rings is 1. The van der Waals surface area contributed by atoms with Crippen molar-refractivity contribution in [1.29, 1.82) is 0 Å². The van der Waals surface area contributed by atoms with Crippen molar-refractivity contribution < 1.29 is 0 Å². The maximum atomic E-state index is 6.14. The smallest absolute Gasteiger partial charge is 0.0574 e. The molecule has 1 atom stereocenters. The van der Waals surface area contributed by atoms with Crippen molar-refractivity contribution in [2.45, 2.75) is 25.8 Å². The van der Waals surface area contributed by atoms with E-state index in [1.54, 1.807) is 0 Å². The molecule has 2 N–H and O–H groups in total. The fourth-order valence-electron chi connectivity index (χ4n) is 1.87. The van der Waals surface area contributed by atoms with E-state index in [1.165, 1.54) is 5.69 Å². The van der Waals surface area contributed by atoms with Gasteiger partial charge in [0.15, 0.2) is 0 Å². The van der Waals surface area contributed by atoms with E-state index in [9.17, 15) is 0 Å². The van der Waals surface area contributed by atoms with Crippen LogP contribution < -0.4 is 5.73 Å². The standard InChI is InChI=1S/C13H18N4/c1-10-4-3-5-13(16-10)12(14)7-6-11-8-9-15-17(11)2/h3-5,8-9,12H,6-7,14H2,1-2H3. The van der Waals surface area contributed by atoms with Crippen molar-refractivity contribution in [2.75, 3.05) is 0 Å². The first-order chi connectivity index (χ1) is 8.16. The molecule has 0 saturated carbocycles. The number of nitrogens with two attached hydrogens (primary N) is 1. The zero-order chi connectivity index (χ0) is 12.3. The van der Waals surface area contributed by atoms with Gasteiger partial charge in [0.05, 0.1) is 5.69 Å². The minimum Gasteiger partial charge on any atom is -0.323 e. The summed E-state index contributed by atoms with van der Waals surface area (Å²) in [7, 11) is 1.95. The summed E-state index contributed by atoms with van der Waals surface area (Å²) in [5.74, 6) is 0. The summed E-state index contributed by atoms with van der Waals surface area (Å²) in [5.41, 5.74) is 9.32. The molecule has 0 aliphatic heterocycles. The number of aryl methyl sites for hydroxylation is 3. The van der Waals surface area contributed by atoms with E-state index in [4.69, 9.17) is 5.73 Å². The lowest BCUT2D eigenvalue weighted by molar-refractivity contribution is 0.601. The molecule has 90 valence electrons. The lowest BCUT2D eigenvalue weighted by Crippen LogP contribution is -2.14. The summed E-state index contributed by atoms with van der Waals surface area (Å²) in [6, 6.07) is 7.99. The Bertz CT molecular complexity index is 490. The Morgan fingerprint density at radius 2 is 2.18 bits per heavy atom. The van der Waals surface area contributed by atoms with Crippen LogP contribution in [0.4, 0.5) is 0 Å². The van der Waals surface area contributed by atoms with Gasteiger partial charge in [-0.05, 0) is 38.0 Å². The topological polar surface area (TPSA) is 56.7 Å². The second kappa shape index (κ2) is 5.10. The van der Waals surface area contributed by atoms with E-state index < -0.39 is 0 Å². The number of nitrogens with zero attached hydrogens (tertiary/aromatic N) is 3. The van der Waals surface area contributed by atoms with Gasteiger partial charge in [0.2, 0.25) is 0 Å². The Kier molecular flexibility index (Phi) is 3.54. The van der Waals surface area contributed by atoms with Crippen molar-refractivity contribution in [3.63, 3.8) is 0 Å². The zero-order valence-electron chi connectivity index (χ0n) is 10.3. The third-order valence-corrected chi connectivity index (χ3v) is 2.92. The highest BCUT2D eigenvalue weighted by atomic mass is 15.2. The molecule has 2 aromatic heterocycles.